The van der Waals surface area contributed by atoms with E-state index in [9.17, 15) is 4.79 Å². The van der Waals surface area contributed by atoms with Crippen LogP contribution in [0, 0.1) is 0 Å². The fourth-order valence-electron chi connectivity index (χ4n) is 1.89. The van der Waals surface area contributed by atoms with Crippen molar-refractivity contribution in [3.63, 3.8) is 0 Å². The molecule has 0 spiro atoms. The van der Waals surface area contributed by atoms with E-state index in [-0.39, 0.29) is 11.2 Å². The Morgan fingerprint density at radius 1 is 1.13 bits per heavy atom. The molecular weight excluding hydrogens is 346 g/mol. The van der Waals surface area contributed by atoms with Crippen LogP contribution < -0.4 is 5.32 Å². The van der Waals surface area contributed by atoms with Crippen molar-refractivity contribution in [3.8, 4) is 0 Å². The van der Waals surface area contributed by atoms with Crippen molar-refractivity contribution in [1.82, 2.24) is 5.32 Å². The van der Waals surface area contributed by atoms with Gasteiger partial charge in [0.2, 0.25) is 5.91 Å². The van der Waals surface area contributed by atoms with Gasteiger partial charge in [-0.15, -0.1) is 23.5 Å². The van der Waals surface area contributed by atoms with Gasteiger partial charge in [-0.3, -0.25) is 4.79 Å². The Morgan fingerprint density at radius 3 is 2.52 bits per heavy atom. The molecule has 0 saturated heterocycles. The maximum absolute atomic E-state index is 12.1. The molecule has 0 bridgehead atoms. The average molecular weight is 366 g/mol. The molecule has 5 heteroatoms. The van der Waals surface area contributed by atoms with E-state index >= 15 is 0 Å². The minimum absolute atomic E-state index is 0.0456. The van der Waals surface area contributed by atoms with Crippen LogP contribution in [-0.4, -0.2) is 23.5 Å². The molecule has 1 atom stereocenters. The van der Waals surface area contributed by atoms with Crippen molar-refractivity contribution in [2.24, 2.45) is 0 Å². The molecule has 0 unspecified atom stereocenters. The largest absolute Gasteiger partial charge is 0.354 e. The van der Waals surface area contributed by atoms with Crippen molar-refractivity contribution in [2.45, 2.75) is 22.8 Å². The summed E-state index contributed by atoms with van der Waals surface area (Å²) in [6.45, 7) is 2.62. The molecule has 0 aliphatic heterocycles. The van der Waals surface area contributed by atoms with E-state index in [1.54, 1.807) is 23.5 Å². The van der Waals surface area contributed by atoms with E-state index in [4.69, 9.17) is 11.6 Å². The molecule has 2 aromatic rings. The van der Waals surface area contributed by atoms with Crippen LogP contribution >= 0.6 is 35.1 Å². The monoisotopic (exact) mass is 365 g/mol. The molecule has 0 fully saturated rings. The first-order valence-electron chi connectivity index (χ1n) is 7.47. The summed E-state index contributed by atoms with van der Waals surface area (Å²) in [5, 5.41) is 3.69. The number of benzene rings is 2. The molecule has 0 radical (unpaired) electrons. The van der Waals surface area contributed by atoms with Crippen molar-refractivity contribution in [2.75, 3.05) is 12.3 Å². The van der Waals surface area contributed by atoms with E-state index in [0.717, 1.165) is 21.4 Å². The SMILES string of the molecule is C[C@@H](SCc1ccccc1)C(=O)NCCSc1ccc(Cl)cc1. The molecule has 122 valence electrons. The maximum atomic E-state index is 12.1. The second-order valence-electron chi connectivity index (χ2n) is 5.03. The topological polar surface area (TPSA) is 29.1 Å². The van der Waals surface area contributed by atoms with Gasteiger partial charge in [-0.05, 0) is 36.8 Å². The molecule has 1 N–H and O–H groups in total. The number of hydrogen-bond donors (Lipinski definition) is 1. The fraction of sp³-hybridized carbons (Fsp3) is 0.278. The van der Waals surface area contributed by atoms with E-state index in [0.29, 0.717) is 6.54 Å². The summed E-state index contributed by atoms with van der Waals surface area (Å²) in [5.74, 6) is 1.81. The first kappa shape index (κ1) is 18.2. The van der Waals surface area contributed by atoms with Crippen LogP contribution in [0.1, 0.15) is 12.5 Å². The van der Waals surface area contributed by atoms with Gasteiger partial charge in [0.25, 0.3) is 0 Å². The van der Waals surface area contributed by atoms with Crippen LogP contribution in [0.5, 0.6) is 0 Å². The summed E-state index contributed by atoms with van der Waals surface area (Å²) in [6, 6.07) is 18.0. The van der Waals surface area contributed by atoms with E-state index in [1.165, 1.54) is 5.56 Å². The van der Waals surface area contributed by atoms with Gasteiger partial charge in [0.1, 0.15) is 0 Å². The molecule has 0 aliphatic rings. The van der Waals surface area contributed by atoms with Gasteiger partial charge in [-0.1, -0.05) is 41.9 Å². The quantitative estimate of drug-likeness (QED) is 0.534. The van der Waals surface area contributed by atoms with Crippen LogP contribution in [0.15, 0.2) is 59.5 Å². The predicted octanol–water partition coefficient (Wildman–Crippen LogP) is 4.87. The molecule has 2 rings (SSSR count). The third-order valence-electron chi connectivity index (χ3n) is 3.20. The Morgan fingerprint density at radius 2 is 1.83 bits per heavy atom. The summed E-state index contributed by atoms with van der Waals surface area (Å²) < 4.78 is 0. The molecule has 0 heterocycles. The number of carbonyl (C=O) groups excluding carboxylic acids is 1. The van der Waals surface area contributed by atoms with Gasteiger partial charge in [0.05, 0.1) is 5.25 Å². The zero-order valence-corrected chi connectivity index (χ0v) is 15.4. The van der Waals surface area contributed by atoms with E-state index < -0.39 is 0 Å². The zero-order chi connectivity index (χ0) is 16.5. The third kappa shape index (κ3) is 6.90. The van der Waals surface area contributed by atoms with Crippen LogP contribution in [0.4, 0.5) is 0 Å². The second kappa shape index (κ2) is 9.91. The number of carbonyl (C=O) groups is 1. The summed E-state index contributed by atoms with van der Waals surface area (Å²) in [6.07, 6.45) is 0. The summed E-state index contributed by atoms with van der Waals surface area (Å²) in [4.78, 5) is 13.2. The van der Waals surface area contributed by atoms with Crippen LogP contribution in [0.3, 0.4) is 0 Å². The highest BCUT2D eigenvalue weighted by Gasteiger charge is 2.12. The summed E-state index contributed by atoms with van der Waals surface area (Å²) in [7, 11) is 0. The molecule has 2 aromatic carbocycles. The van der Waals surface area contributed by atoms with Crippen LogP contribution in [0.2, 0.25) is 5.02 Å². The molecule has 1 amide bonds. The summed E-state index contributed by atoms with van der Waals surface area (Å²) in [5.41, 5.74) is 1.25. The predicted molar refractivity (Wildman–Crippen MR) is 102 cm³/mol. The normalized spacial score (nSPS) is 11.9. The van der Waals surface area contributed by atoms with Crippen molar-refractivity contribution < 1.29 is 4.79 Å². The lowest BCUT2D eigenvalue weighted by Gasteiger charge is -2.12. The standard InChI is InChI=1S/C18H20ClNOS2/c1-14(23-13-15-5-3-2-4-6-15)18(21)20-11-12-22-17-9-7-16(19)8-10-17/h2-10,14H,11-13H2,1H3,(H,20,21)/t14-/m1/s1. The average Bonchev–Trinajstić information content (AvgIpc) is 2.59. The van der Waals surface area contributed by atoms with Crippen molar-refractivity contribution in [1.29, 1.82) is 0 Å². The minimum Gasteiger partial charge on any atom is -0.354 e. The Hall–Kier alpha value is -1.10. The highest BCUT2D eigenvalue weighted by atomic mass is 35.5. The minimum atomic E-state index is -0.0456. The molecule has 23 heavy (non-hydrogen) atoms. The number of amides is 1. The highest BCUT2D eigenvalue weighted by Crippen LogP contribution is 2.20. The Balaban J connectivity index is 1.63. The highest BCUT2D eigenvalue weighted by molar-refractivity contribution is 7.99. The second-order valence-corrected chi connectivity index (χ2v) is 7.97. The fourth-order valence-corrected chi connectivity index (χ4v) is 3.65. The smallest absolute Gasteiger partial charge is 0.232 e. The molecule has 0 aromatic heterocycles. The lowest BCUT2D eigenvalue weighted by molar-refractivity contribution is -0.120. The van der Waals surface area contributed by atoms with Crippen LogP contribution in [0.25, 0.3) is 0 Å². The number of thioether (sulfide) groups is 2. The van der Waals surface area contributed by atoms with Crippen molar-refractivity contribution >= 4 is 41.0 Å². The van der Waals surface area contributed by atoms with Gasteiger partial charge in [0.15, 0.2) is 0 Å². The van der Waals surface area contributed by atoms with Gasteiger partial charge in [0, 0.05) is 28.0 Å². The van der Waals surface area contributed by atoms with Gasteiger partial charge in [-0.2, -0.15) is 0 Å². The lowest BCUT2D eigenvalue weighted by atomic mass is 10.2. The number of rotatable bonds is 8. The van der Waals surface area contributed by atoms with Gasteiger partial charge >= 0.3 is 0 Å². The number of nitrogens with one attached hydrogen (secondary N) is 1. The Labute approximate surface area is 151 Å². The Bertz CT molecular complexity index is 604. The van der Waals surface area contributed by atoms with E-state index in [1.807, 2.05) is 49.4 Å². The third-order valence-corrected chi connectivity index (χ3v) is 5.68. The molecule has 0 aliphatic carbocycles. The Kier molecular flexibility index (Phi) is 7.86. The van der Waals surface area contributed by atoms with Crippen molar-refractivity contribution in [3.05, 3.63) is 65.2 Å². The van der Waals surface area contributed by atoms with Gasteiger partial charge < -0.3 is 5.32 Å². The maximum Gasteiger partial charge on any atom is 0.232 e. The number of hydrogen-bond acceptors (Lipinski definition) is 3. The van der Waals surface area contributed by atoms with Gasteiger partial charge in [-0.25, -0.2) is 0 Å². The zero-order valence-electron chi connectivity index (χ0n) is 13.0. The molecular formula is C18H20ClNOS2. The molecule has 2 nitrogen and oxygen atoms in total. The lowest BCUT2D eigenvalue weighted by Crippen LogP contribution is -2.32. The first-order chi connectivity index (χ1) is 11.1. The van der Waals surface area contributed by atoms with Crippen LogP contribution in [-0.2, 0) is 10.5 Å². The van der Waals surface area contributed by atoms with E-state index in [2.05, 4.69) is 17.4 Å². The summed E-state index contributed by atoms with van der Waals surface area (Å²) >= 11 is 9.23. The number of halogens is 1. The first-order valence-corrected chi connectivity index (χ1v) is 9.88. The molecule has 0 saturated carbocycles.